The number of aryl methyl sites for hydroxylation is 1. The van der Waals surface area contributed by atoms with E-state index in [1.54, 1.807) is 35.5 Å². The van der Waals surface area contributed by atoms with Crippen LogP contribution in [0.5, 0.6) is 0 Å². The first kappa shape index (κ1) is 17.0. The Morgan fingerprint density at radius 1 is 1.20 bits per heavy atom. The van der Waals surface area contributed by atoms with Crippen molar-refractivity contribution in [2.45, 2.75) is 25.8 Å². The summed E-state index contributed by atoms with van der Waals surface area (Å²) in [5.41, 5.74) is 0.602. The van der Waals surface area contributed by atoms with Crippen LogP contribution < -0.4 is 5.32 Å². The lowest BCUT2D eigenvalue weighted by Crippen LogP contribution is -2.46. The quantitative estimate of drug-likeness (QED) is 0.868. The van der Waals surface area contributed by atoms with Gasteiger partial charge in [0.15, 0.2) is 0 Å². The number of aromatic nitrogens is 1. The highest BCUT2D eigenvalue weighted by Crippen LogP contribution is 2.13. The summed E-state index contributed by atoms with van der Waals surface area (Å²) in [6.07, 6.45) is 7.92. The van der Waals surface area contributed by atoms with Gasteiger partial charge in [0.25, 0.3) is 5.91 Å². The molecule has 0 spiro atoms. The average Bonchev–Trinajstić information content (AvgIpc) is 3.06. The highest BCUT2D eigenvalue weighted by molar-refractivity contribution is 5.94. The third kappa shape index (κ3) is 4.56. The maximum absolute atomic E-state index is 12.2. The fourth-order valence-corrected chi connectivity index (χ4v) is 2.82. The summed E-state index contributed by atoms with van der Waals surface area (Å²) >= 11 is 0. The van der Waals surface area contributed by atoms with E-state index in [2.05, 4.69) is 10.3 Å². The highest BCUT2D eigenvalue weighted by Gasteiger charge is 2.23. The second-order valence-electron chi connectivity index (χ2n) is 6.09. The number of carbonyl (C=O) groups is 2. The summed E-state index contributed by atoms with van der Waals surface area (Å²) < 4.78 is 5.41. The molecule has 3 rings (SSSR count). The standard InChI is InChI=1S/C19H21N3O3/c1-14-2-3-17(25-14)4-5-18(23)22-12-8-16(9-13-22)21-19(24)15-6-10-20-11-7-15/h2-7,10-11,16H,8-9,12-13H2,1H3,(H,21,24)/b5-4+. The summed E-state index contributed by atoms with van der Waals surface area (Å²) in [6, 6.07) is 7.16. The Hall–Kier alpha value is -2.89. The number of piperidine rings is 1. The topological polar surface area (TPSA) is 75.4 Å². The minimum absolute atomic E-state index is 0.0343. The molecule has 1 saturated heterocycles. The second kappa shape index (κ2) is 7.79. The molecule has 0 unspecified atom stereocenters. The summed E-state index contributed by atoms with van der Waals surface area (Å²) in [4.78, 5) is 30.1. The number of nitrogens with zero attached hydrogens (tertiary/aromatic N) is 2. The lowest BCUT2D eigenvalue weighted by atomic mass is 10.0. The molecule has 1 aliphatic heterocycles. The molecule has 0 saturated carbocycles. The van der Waals surface area contributed by atoms with Crippen LogP contribution in [0, 0.1) is 6.92 Å². The van der Waals surface area contributed by atoms with Gasteiger partial charge in [-0.2, -0.15) is 0 Å². The van der Waals surface area contributed by atoms with Crippen molar-refractivity contribution in [1.29, 1.82) is 0 Å². The van der Waals surface area contributed by atoms with Crippen molar-refractivity contribution in [3.8, 4) is 0 Å². The second-order valence-corrected chi connectivity index (χ2v) is 6.09. The van der Waals surface area contributed by atoms with Crippen molar-refractivity contribution in [2.24, 2.45) is 0 Å². The van der Waals surface area contributed by atoms with E-state index >= 15 is 0 Å². The van der Waals surface area contributed by atoms with Crippen LogP contribution in [0.1, 0.15) is 34.7 Å². The molecular weight excluding hydrogens is 318 g/mol. The molecular formula is C19H21N3O3. The molecule has 25 heavy (non-hydrogen) atoms. The molecule has 3 heterocycles. The van der Waals surface area contributed by atoms with Gasteiger partial charge in [-0.25, -0.2) is 0 Å². The van der Waals surface area contributed by atoms with Crippen molar-refractivity contribution in [3.63, 3.8) is 0 Å². The van der Waals surface area contributed by atoms with Crippen molar-refractivity contribution in [1.82, 2.24) is 15.2 Å². The monoisotopic (exact) mass is 339 g/mol. The van der Waals surface area contributed by atoms with Gasteiger partial charge < -0.3 is 14.6 Å². The van der Waals surface area contributed by atoms with Gasteiger partial charge in [0.2, 0.25) is 5.91 Å². The molecule has 0 bridgehead atoms. The largest absolute Gasteiger partial charge is 0.462 e. The summed E-state index contributed by atoms with van der Waals surface area (Å²) in [5, 5.41) is 3.02. The van der Waals surface area contributed by atoms with Crippen molar-refractivity contribution in [3.05, 3.63) is 59.8 Å². The molecule has 0 radical (unpaired) electrons. The Morgan fingerprint density at radius 3 is 2.56 bits per heavy atom. The number of hydrogen-bond acceptors (Lipinski definition) is 4. The predicted octanol–water partition coefficient (Wildman–Crippen LogP) is 2.42. The number of furan rings is 1. The van der Waals surface area contributed by atoms with E-state index in [-0.39, 0.29) is 17.9 Å². The van der Waals surface area contributed by atoms with E-state index in [4.69, 9.17) is 4.42 Å². The number of likely N-dealkylation sites (tertiary alicyclic amines) is 1. The minimum Gasteiger partial charge on any atom is -0.462 e. The van der Waals surface area contributed by atoms with E-state index < -0.39 is 0 Å². The van der Waals surface area contributed by atoms with Crippen LogP contribution in [0.2, 0.25) is 0 Å². The first-order valence-corrected chi connectivity index (χ1v) is 8.36. The molecule has 6 heteroatoms. The zero-order valence-electron chi connectivity index (χ0n) is 14.1. The lowest BCUT2D eigenvalue weighted by molar-refractivity contribution is -0.127. The van der Waals surface area contributed by atoms with Gasteiger partial charge in [-0.15, -0.1) is 0 Å². The Kier molecular flexibility index (Phi) is 5.28. The third-order valence-electron chi connectivity index (χ3n) is 4.24. The molecule has 0 atom stereocenters. The summed E-state index contributed by atoms with van der Waals surface area (Å²) in [6.45, 7) is 3.12. The SMILES string of the molecule is Cc1ccc(/C=C/C(=O)N2CCC(NC(=O)c3ccncc3)CC2)o1. The first-order chi connectivity index (χ1) is 12.1. The molecule has 2 amide bonds. The van der Waals surface area contributed by atoms with Gasteiger partial charge in [-0.1, -0.05) is 0 Å². The normalized spacial score (nSPS) is 15.5. The Morgan fingerprint density at radius 2 is 1.92 bits per heavy atom. The Balaban J connectivity index is 1.47. The Labute approximate surface area is 146 Å². The molecule has 1 fully saturated rings. The zero-order valence-corrected chi connectivity index (χ0v) is 14.1. The lowest BCUT2D eigenvalue weighted by Gasteiger charge is -2.31. The number of nitrogens with one attached hydrogen (secondary N) is 1. The zero-order chi connectivity index (χ0) is 17.6. The predicted molar refractivity (Wildman–Crippen MR) is 93.8 cm³/mol. The third-order valence-corrected chi connectivity index (χ3v) is 4.24. The number of rotatable bonds is 4. The molecule has 2 aromatic heterocycles. The van der Waals surface area contributed by atoms with Gasteiger partial charge in [0, 0.05) is 43.2 Å². The van der Waals surface area contributed by atoms with Crippen LogP contribution in [-0.2, 0) is 4.79 Å². The number of hydrogen-bond donors (Lipinski definition) is 1. The van der Waals surface area contributed by atoms with E-state index in [1.807, 2.05) is 19.1 Å². The Bertz CT molecular complexity index is 759. The van der Waals surface area contributed by atoms with Crippen molar-refractivity contribution in [2.75, 3.05) is 13.1 Å². The smallest absolute Gasteiger partial charge is 0.251 e. The molecule has 2 aromatic rings. The molecule has 6 nitrogen and oxygen atoms in total. The summed E-state index contributed by atoms with van der Waals surface area (Å²) in [7, 11) is 0. The average molecular weight is 339 g/mol. The van der Waals surface area contributed by atoms with Crippen molar-refractivity contribution >= 4 is 17.9 Å². The molecule has 0 aliphatic carbocycles. The van der Waals surface area contributed by atoms with E-state index in [9.17, 15) is 9.59 Å². The van der Waals surface area contributed by atoms with Gasteiger partial charge in [-0.05, 0) is 50.1 Å². The van der Waals surface area contributed by atoms with Crippen LogP contribution >= 0.6 is 0 Å². The van der Waals surface area contributed by atoms with E-state index in [1.165, 1.54) is 6.08 Å². The van der Waals surface area contributed by atoms with Crippen molar-refractivity contribution < 1.29 is 14.0 Å². The molecule has 1 N–H and O–H groups in total. The van der Waals surface area contributed by atoms with Crippen LogP contribution in [0.25, 0.3) is 6.08 Å². The van der Waals surface area contributed by atoms with Crippen LogP contribution in [-0.4, -0.2) is 40.8 Å². The molecule has 130 valence electrons. The first-order valence-electron chi connectivity index (χ1n) is 8.36. The maximum atomic E-state index is 12.2. The van der Waals surface area contributed by atoms with Crippen LogP contribution in [0.4, 0.5) is 0 Å². The molecule has 0 aromatic carbocycles. The minimum atomic E-state index is -0.0970. The van der Waals surface area contributed by atoms with Gasteiger partial charge in [-0.3, -0.25) is 14.6 Å². The number of amides is 2. The van der Waals surface area contributed by atoms with E-state index in [0.29, 0.717) is 24.4 Å². The van der Waals surface area contributed by atoms with Gasteiger partial charge >= 0.3 is 0 Å². The van der Waals surface area contributed by atoms with Gasteiger partial charge in [0.05, 0.1) is 0 Å². The summed E-state index contributed by atoms with van der Waals surface area (Å²) in [5.74, 6) is 1.36. The van der Waals surface area contributed by atoms with Crippen LogP contribution in [0.15, 0.2) is 47.2 Å². The van der Waals surface area contributed by atoms with Gasteiger partial charge in [0.1, 0.15) is 11.5 Å². The molecule has 1 aliphatic rings. The maximum Gasteiger partial charge on any atom is 0.251 e. The number of carbonyl (C=O) groups excluding carboxylic acids is 2. The van der Waals surface area contributed by atoms with E-state index in [0.717, 1.165) is 18.6 Å². The fraction of sp³-hybridized carbons (Fsp3) is 0.316. The highest BCUT2D eigenvalue weighted by atomic mass is 16.3. The van der Waals surface area contributed by atoms with Crippen LogP contribution in [0.3, 0.4) is 0 Å². The fourth-order valence-electron chi connectivity index (χ4n) is 2.82. The number of pyridine rings is 1.